The molecule has 0 saturated carbocycles. The highest BCUT2D eigenvalue weighted by molar-refractivity contribution is 7.07. The lowest BCUT2D eigenvalue weighted by Gasteiger charge is -2.30. The van der Waals surface area contributed by atoms with E-state index in [0.29, 0.717) is 24.2 Å². The van der Waals surface area contributed by atoms with Gasteiger partial charge < -0.3 is 15.3 Å². The van der Waals surface area contributed by atoms with Crippen LogP contribution in [0.3, 0.4) is 0 Å². The quantitative estimate of drug-likeness (QED) is 0.809. The van der Waals surface area contributed by atoms with Crippen molar-refractivity contribution < 1.29 is 14.7 Å². The van der Waals surface area contributed by atoms with Crippen LogP contribution in [-0.2, 0) is 11.3 Å². The molecule has 0 saturated heterocycles. The maximum atomic E-state index is 12.9. The van der Waals surface area contributed by atoms with Gasteiger partial charge in [0.15, 0.2) is 0 Å². The Bertz CT molecular complexity index is 664. The van der Waals surface area contributed by atoms with E-state index in [-0.39, 0.29) is 24.5 Å². The Labute approximate surface area is 145 Å². The van der Waals surface area contributed by atoms with Crippen LogP contribution < -0.4 is 5.32 Å². The number of thiophene rings is 1. The number of aliphatic hydroxyl groups is 1. The molecule has 1 aromatic carbocycles. The second-order valence-electron chi connectivity index (χ2n) is 5.57. The second-order valence-corrected chi connectivity index (χ2v) is 6.35. The van der Waals surface area contributed by atoms with Crippen LogP contribution in [0.1, 0.15) is 36.2 Å². The topological polar surface area (TPSA) is 69.6 Å². The lowest BCUT2D eigenvalue weighted by atomic mass is 10.1. The number of anilines is 1. The highest BCUT2D eigenvalue weighted by Crippen LogP contribution is 2.18. The molecule has 24 heavy (non-hydrogen) atoms. The Hall–Kier alpha value is -2.18. The summed E-state index contributed by atoms with van der Waals surface area (Å²) in [6, 6.07) is 8.55. The summed E-state index contributed by atoms with van der Waals surface area (Å²) in [5.41, 5.74) is 2.24. The van der Waals surface area contributed by atoms with E-state index in [4.69, 9.17) is 0 Å². The molecular formula is C18H22N2O3S. The zero-order chi connectivity index (χ0) is 17.5. The molecule has 1 atom stereocenters. The van der Waals surface area contributed by atoms with E-state index < -0.39 is 0 Å². The standard InChI is InChI=1S/C18H22N2O3S/c1-3-17(11-21)20(10-14-8-9-24-12-14)18(23)15-4-6-16(7-5-15)19-13(2)22/h4-9,12,17,21H,3,10-11H2,1-2H3,(H,19,22). The number of hydrogen-bond acceptors (Lipinski definition) is 4. The van der Waals surface area contributed by atoms with Gasteiger partial charge in [0.1, 0.15) is 0 Å². The number of benzene rings is 1. The van der Waals surface area contributed by atoms with E-state index in [1.54, 1.807) is 40.5 Å². The normalized spacial score (nSPS) is 11.8. The molecule has 1 heterocycles. The van der Waals surface area contributed by atoms with E-state index in [1.807, 2.05) is 23.8 Å². The predicted octanol–water partition coefficient (Wildman–Crippen LogP) is 3.12. The highest BCUT2D eigenvalue weighted by Gasteiger charge is 2.23. The molecule has 0 fully saturated rings. The fourth-order valence-corrected chi connectivity index (χ4v) is 3.12. The summed E-state index contributed by atoms with van der Waals surface area (Å²) in [5, 5.41) is 16.3. The minimum atomic E-state index is -0.229. The second kappa shape index (κ2) is 8.61. The van der Waals surface area contributed by atoms with Gasteiger partial charge in [-0.3, -0.25) is 9.59 Å². The molecule has 2 rings (SSSR count). The first-order valence-electron chi connectivity index (χ1n) is 7.85. The molecule has 0 spiro atoms. The Balaban J connectivity index is 2.21. The smallest absolute Gasteiger partial charge is 0.254 e. The molecule has 128 valence electrons. The van der Waals surface area contributed by atoms with Gasteiger partial charge in [-0.15, -0.1) is 0 Å². The average Bonchev–Trinajstić information content (AvgIpc) is 3.07. The predicted molar refractivity (Wildman–Crippen MR) is 96.1 cm³/mol. The lowest BCUT2D eigenvalue weighted by Crippen LogP contribution is -2.41. The first-order chi connectivity index (χ1) is 11.5. The third kappa shape index (κ3) is 4.66. The minimum Gasteiger partial charge on any atom is -0.394 e. The lowest BCUT2D eigenvalue weighted by molar-refractivity contribution is -0.114. The van der Waals surface area contributed by atoms with Crippen LogP contribution in [0.4, 0.5) is 5.69 Å². The molecule has 2 aromatic rings. The molecule has 2 amide bonds. The van der Waals surface area contributed by atoms with Crippen molar-refractivity contribution in [3.8, 4) is 0 Å². The van der Waals surface area contributed by atoms with Crippen LogP contribution in [0.5, 0.6) is 0 Å². The maximum absolute atomic E-state index is 12.9. The number of hydrogen-bond donors (Lipinski definition) is 2. The molecule has 1 aromatic heterocycles. The summed E-state index contributed by atoms with van der Waals surface area (Å²) in [6.07, 6.45) is 0.677. The van der Waals surface area contributed by atoms with Crippen LogP contribution in [0.2, 0.25) is 0 Å². The Kier molecular flexibility index (Phi) is 6.52. The number of rotatable bonds is 7. The van der Waals surface area contributed by atoms with Gasteiger partial charge in [0.05, 0.1) is 12.6 Å². The highest BCUT2D eigenvalue weighted by atomic mass is 32.1. The third-order valence-corrected chi connectivity index (χ3v) is 4.50. The SMILES string of the molecule is CCC(CO)N(Cc1ccsc1)C(=O)c1ccc(NC(C)=O)cc1. The van der Waals surface area contributed by atoms with Gasteiger partial charge in [-0.1, -0.05) is 6.92 Å². The monoisotopic (exact) mass is 346 g/mol. The molecule has 0 aliphatic heterocycles. The van der Waals surface area contributed by atoms with Crippen LogP contribution in [0.15, 0.2) is 41.1 Å². The minimum absolute atomic E-state index is 0.0731. The first kappa shape index (κ1) is 18.2. The summed E-state index contributed by atoms with van der Waals surface area (Å²) in [4.78, 5) is 25.7. The molecule has 0 aliphatic carbocycles. The zero-order valence-electron chi connectivity index (χ0n) is 13.9. The van der Waals surface area contributed by atoms with Gasteiger partial charge in [-0.05, 0) is 53.1 Å². The fraction of sp³-hybridized carbons (Fsp3) is 0.333. The number of amides is 2. The van der Waals surface area contributed by atoms with Crippen molar-refractivity contribution in [2.24, 2.45) is 0 Å². The van der Waals surface area contributed by atoms with Crippen molar-refractivity contribution in [2.75, 3.05) is 11.9 Å². The van der Waals surface area contributed by atoms with Crippen molar-refractivity contribution in [1.29, 1.82) is 0 Å². The Morgan fingerprint density at radius 2 is 1.96 bits per heavy atom. The summed E-state index contributed by atoms with van der Waals surface area (Å²) >= 11 is 1.58. The zero-order valence-corrected chi connectivity index (χ0v) is 14.7. The first-order valence-corrected chi connectivity index (χ1v) is 8.80. The molecule has 1 unspecified atom stereocenters. The molecule has 0 bridgehead atoms. The van der Waals surface area contributed by atoms with E-state index in [9.17, 15) is 14.7 Å². The van der Waals surface area contributed by atoms with Crippen molar-refractivity contribution in [3.63, 3.8) is 0 Å². The average molecular weight is 346 g/mol. The molecular weight excluding hydrogens is 324 g/mol. The number of nitrogens with one attached hydrogen (secondary N) is 1. The maximum Gasteiger partial charge on any atom is 0.254 e. The largest absolute Gasteiger partial charge is 0.394 e. The van der Waals surface area contributed by atoms with Gasteiger partial charge in [0.2, 0.25) is 5.91 Å². The van der Waals surface area contributed by atoms with Gasteiger partial charge >= 0.3 is 0 Å². The van der Waals surface area contributed by atoms with E-state index >= 15 is 0 Å². The van der Waals surface area contributed by atoms with Gasteiger partial charge in [0.25, 0.3) is 5.91 Å². The Morgan fingerprint density at radius 1 is 1.25 bits per heavy atom. The fourth-order valence-electron chi connectivity index (χ4n) is 2.46. The van der Waals surface area contributed by atoms with E-state index in [0.717, 1.165) is 5.56 Å². The number of carbonyl (C=O) groups is 2. The summed E-state index contributed by atoms with van der Waals surface area (Å²) in [5.74, 6) is -0.282. The molecule has 5 nitrogen and oxygen atoms in total. The van der Waals surface area contributed by atoms with Gasteiger partial charge in [0, 0.05) is 24.7 Å². The number of nitrogens with zero attached hydrogens (tertiary/aromatic N) is 1. The van der Waals surface area contributed by atoms with Crippen LogP contribution in [0, 0.1) is 0 Å². The molecule has 0 radical (unpaired) electrons. The summed E-state index contributed by atoms with van der Waals surface area (Å²) in [6.45, 7) is 3.79. The van der Waals surface area contributed by atoms with Crippen molar-refractivity contribution in [2.45, 2.75) is 32.9 Å². The van der Waals surface area contributed by atoms with Crippen molar-refractivity contribution in [3.05, 3.63) is 52.2 Å². The third-order valence-electron chi connectivity index (χ3n) is 3.77. The van der Waals surface area contributed by atoms with Gasteiger partial charge in [-0.25, -0.2) is 0 Å². The number of aliphatic hydroxyl groups excluding tert-OH is 1. The van der Waals surface area contributed by atoms with Crippen molar-refractivity contribution >= 4 is 28.8 Å². The van der Waals surface area contributed by atoms with E-state index in [1.165, 1.54) is 6.92 Å². The summed E-state index contributed by atoms with van der Waals surface area (Å²) < 4.78 is 0. The number of carbonyl (C=O) groups excluding carboxylic acids is 2. The van der Waals surface area contributed by atoms with Crippen LogP contribution in [0.25, 0.3) is 0 Å². The van der Waals surface area contributed by atoms with E-state index in [2.05, 4.69) is 5.32 Å². The summed E-state index contributed by atoms with van der Waals surface area (Å²) in [7, 11) is 0. The van der Waals surface area contributed by atoms with Crippen molar-refractivity contribution in [1.82, 2.24) is 4.90 Å². The van der Waals surface area contributed by atoms with Crippen LogP contribution >= 0.6 is 11.3 Å². The molecule has 2 N–H and O–H groups in total. The van der Waals surface area contributed by atoms with Crippen LogP contribution in [-0.4, -0.2) is 34.5 Å². The van der Waals surface area contributed by atoms with Gasteiger partial charge in [-0.2, -0.15) is 11.3 Å². The Morgan fingerprint density at radius 3 is 2.46 bits per heavy atom. The molecule has 0 aliphatic rings. The molecule has 6 heteroatoms.